The van der Waals surface area contributed by atoms with E-state index in [4.69, 9.17) is 9.84 Å². The van der Waals surface area contributed by atoms with E-state index in [9.17, 15) is 24.8 Å². The summed E-state index contributed by atoms with van der Waals surface area (Å²) < 4.78 is 4.76. The van der Waals surface area contributed by atoms with Crippen LogP contribution in [-0.4, -0.2) is 33.6 Å². The maximum Gasteiger partial charge on any atom is 0.342 e. The van der Waals surface area contributed by atoms with Crippen molar-refractivity contribution in [3.8, 4) is 11.5 Å². The third kappa shape index (κ3) is 4.22. The Bertz CT molecular complexity index is 848. The SMILES string of the molecule is Cc1cccc([N+](=O)[O-])c1NC(=O)COC(=O)c1ccc(O)cc1O. The number of nitro benzene ring substituents is 1. The van der Waals surface area contributed by atoms with E-state index in [1.165, 1.54) is 18.2 Å². The molecule has 0 saturated heterocycles. The maximum atomic E-state index is 11.9. The third-order valence-electron chi connectivity index (χ3n) is 3.25. The number of phenolic OH excluding ortho intramolecular Hbond substituents is 2. The van der Waals surface area contributed by atoms with Gasteiger partial charge in [0.2, 0.25) is 0 Å². The molecule has 0 aliphatic heterocycles. The number of anilines is 1. The van der Waals surface area contributed by atoms with Gasteiger partial charge in [-0.05, 0) is 24.6 Å². The van der Waals surface area contributed by atoms with Gasteiger partial charge in [-0.25, -0.2) is 4.79 Å². The number of amides is 1. The minimum Gasteiger partial charge on any atom is -0.508 e. The lowest BCUT2D eigenvalue weighted by atomic mass is 10.1. The van der Waals surface area contributed by atoms with Gasteiger partial charge in [-0.1, -0.05) is 12.1 Å². The van der Waals surface area contributed by atoms with Gasteiger partial charge in [-0.3, -0.25) is 14.9 Å². The van der Waals surface area contributed by atoms with Crippen LogP contribution in [0.25, 0.3) is 0 Å². The minimum atomic E-state index is -0.980. The third-order valence-corrected chi connectivity index (χ3v) is 3.25. The zero-order valence-electron chi connectivity index (χ0n) is 13.1. The second-order valence-electron chi connectivity index (χ2n) is 5.05. The van der Waals surface area contributed by atoms with E-state index in [0.29, 0.717) is 5.56 Å². The molecule has 9 nitrogen and oxygen atoms in total. The van der Waals surface area contributed by atoms with E-state index in [-0.39, 0.29) is 22.7 Å². The van der Waals surface area contributed by atoms with E-state index in [0.717, 1.165) is 12.1 Å². The number of aryl methyl sites for hydroxylation is 1. The largest absolute Gasteiger partial charge is 0.508 e. The highest BCUT2D eigenvalue weighted by Crippen LogP contribution is 2.27. The molecule has 0 fully saturated rings. The first kappa shape index (κ1) is 17.7. The average Bonchev–Trinajstić information content (AvgIpc) is 2.54. The van der Waals surface area contributed by atoms with E-state index in [1.807, 2.05) is 0 Å². The lowest BCUT2D eigenvalue weighted by Gasteiger charge is -2.10. The highest BCUT2D eigenvalue weighted by molar-refractivity contribution is 5.98. The van der Waals surface area contributed by atoms with E-state index in [2.05, 4.69) is 5.32 Å². The number of benzene rings is 2. The van der Waals surface area contributed by atoms with Crippen LogP contribution >= 0.6 is 0 Å². The van der Waals surface area contributed by atoms with Gasteiger partial charge >= 0.3 is 5.97 Å². The molecule has 0 atom stereocenters. The summed E-state index contributed by atoms with van der Waals surface area (Å²) in [6.07, 6.45) is 0. The molecule has 0 radical (unpaired) electrons. The highest BCUT2D eigenvalue weighted by Gasteiger charge is 2.19. The zero-order chi connectivity index (χ0) is 18.6. The second-order valence-corrected chi connectivity index (χ2v) is 5.05. The molecule has 130 valence electrons. The first-order valence-electron chi connectivity index (χ1n) is 7.02. The number of aromatic hydroxyl groups is 2. The van der Waals surface area contributed by atoms with Crippen LogP contribution in [0.2, 0.25) is 0 Å². The second kappa shape index (κ2) is 7.30. The molecule has 25 heavy (non-hydrogen) atoms. The summed E-state index contributed by atoms with van der Waals surface area (Å²) in [6, 6.07) is 7.57. The van der Waals surface area contributed by atoms with Crippen molar-refractivity contribution in [3.05, 3.63) is 57.6 Å². The number of esters is 1. The Morgan fingerprint density at radius 1 is 1.24 bits per heavy atom. The fourth-order valence-corrected chi connectivity index (χ4v) is 2.04. The summed E-state index contributed by atoms with van der Waals surface area (Å²) >= 11 is 0. The lowest BCUT2D eigenvalue weighted by molar-refractivity contribution is -0.384. The van der Waals surface area contributed by atoms with Crippen LogP contribution < -0.4 is 5.32 Å². The van der Waals surface area contributed by atoms with Crippen molar-refractivity contribution in [3.63, 3.8) is 0 Å². The molecule has 0 aliphatic carbocycles. The molecule has 0 spiro atoms. The molecule has 0 saturated carbocycles. The number of carbonyl (C=O) groups excluding carboxylic acids is 2. The molecule has 0 aliphatic rings. The topological polar surface area (TPSA) is 139 Å². The monoisotopic (exact) mass is 346 g/mol. The van der Waals surface area contributed by atoms with Gasteiger partial charge in [0.25, 0.3) is 11.6 Å². The predicted molar refractivity (Wildman–Crippen MR) is 86.5 cm³/mol. The summed E-state index contributed by atoms with van der Waals surface area (Å²) in [6.45, 7) is 0.883. The van der Waals surface area contributed by atoms with E-state index in [1.54, 1.807) is 13.0 Å². The predicted octanol–water partition coefficient (Wildman–Crippen LogP) is 2.11. The number of hydrogen-bond donors (Lipinski definition) is 3. The summed E-state index contributed by atoms with van der Waals surface area (Å²) in [5.41, 5.74) is -0.0191. The first-order chi connectivity index (χ1) is 11.8. The molecule has 0 unspecified atom stereocenters. The lowest BCUT2D eigenvalue weighted by Crippen LogP contribution is -2.22. The van der Waals surface area contributed by atoms with E-state index < -0.39 is 29.2 Å². The number of carbonyl (C=O) groups is 2. The number of hydrogen-bond acceptors (Lipinski definition) is 7. The number of rotatable bonds is 5. The summed E-state index contributed by atoms with van der Waals surface area (Å²) in [5, 5.41) is 32.0. The van der Waals surface area contributed by atoms with Crippen LogP contribution in [0, 0.1) is 17.0 Å². The average molecular weight is 346 g/mol. The Hall–Kier alpha value is -3.62. The number of nitrogens with zero attached hydrogens (tertiary/aromatic N) is 1. The zero-order valence-corrected chi connectivity index (χ0v) is 13.1. The quantitative estimate of drug-likeness (QED) is 0.428. The molecule has 1 amide bonds. The van der Waals surface area contributed by atoms with Crippen molar-refractivity contribution in [2.45, 2.75) is 6.92 Å². The number of phenols is 2. The minimum absolute atomic E-state index is 0.0148. The van der Waals surface area contributed by atoms with Crippen molar-refractivity contribution in [2.24, 2.45) is 0 Å². The Kier molecular flexibility index (Phi) is 5.18. The van der Waals surface area contributed by atoms with Gasteiger partial charge in [0.1, 0.15) is 22.7 Å². The molecule has 0 heterocycles. The smallest absolute Gasteiger partial charge is 0.342 e. The van der Waals surface area contributed by atoms with Crippen molar-refractivity contribution in [2.75, 3.05) is 11.9 Å². The van der Waals surface area contributed by atoms with Gasteiger partial charge in [0.15, 0.2) is 6.61 Å². The van der Waals surface area contributed by atoms with Crippen LogP contribution in [0.3, 0.4) is 0 Å². The summed E-state index contributed by atoms with van der Waals surface area (Å²) in [7, 11) is 0. The van der Waals surface area contributed by atoms with Crippen molar-refractivity contribution >= 4 is 23.3 Å². The number of nitro groups is 1. The normalized spacial score (nSPS) is 10.1. The highest BCUT2D eigenvalue weighted by atomic mass is 16.6. The number of nitrogens with one attached hydrogen (secondary N) is 1. The number of ether oxygens (including phenoxy) is 1. The van der Waals surface area contributed by atoms with Gasteiger partial charge in [0.05, 0.1) is 4.92 Å². The van der Waals surface area contributed by atoms with Crippen LogP contribution in [0.5, 0.6) is 11.5 Å². The van der Waals surface area contributed by atoms with Gasteiger partial charge < -0.3 is 20.3 Å². The first-order valence-corrected chi connectivity index (χ1v) is 7.02. The fourth-order valence-electron chi connectivity index (χ4n) is 2.04. The molecule has 2 rings (SSSR count). The van der Waals surface area contributed by atoms with E-state index >= 15 is 0 Å². The maximum absolute atomic E-state index is 11.9. The molecular weight excluding hydrogens is 332 g/mol. The van der Waals surface area contributed by atoms with Crippen molar-refractivity contribution in [1.82, 2.24) is 0 Å². The fraction of sp³-hybridized carbons (Fsp3) is 0.125. The van der Waals surface area contributed by atoms with Crippen LogP contribution in [0.15, 0.2) is 36.4 Å². The van der Waals surface area contributed by atoms with Gasteiger partial charge in [-0.15, -0.1) is 0 Å². The van der Waals surface area contributed by atoms with Gasteiger partial charge in [0, 0.05) is 12.1 Å². The molecule has 2 aromatic rings. The Balaban J connectivity index is 2.04. The molecule has 0 aromatic heterocycles. The molecule has 2 aromatic carbocycles. The van der Waals surface area contributed by atoms with Crippen molar-refractivity contribution in [1.29, 1.82) is 0 Å². The van der Waals surface area contributed by atoms with Crippen LogP contribution in [0.1, 0.15) is 15.9 Å². The molecule has 9 heteroatoms. The van der Waals surface area contributed by atoms with Gasteiger partial charge in [-0.2, -0.15) is 0 Å². The standard InChI is InChI=1S/C16H14N2O7/c1-9-3-2-4-12(18(23)24)15(9)17-14(21)8-25-16(22)11-6-5-10(19)7-13(11)20/h2-7,19-20H,8H2,1H3,(H,17,21). The van der Waals surface area contributed by atoms with Crippen molar-refractivity contribution < 1.29 is 29.5 Å². The summed E-state index contributed by atoms with van der Waals surface area (Å²) in [5.74, 6) is -2.49. The summed E-state index contributed by atoms with van der Waals surface area (Å²) in [4.78, 5) is 34.1. The van der Waals surface area contributed by atoms with Crippen LogP contribution in [-0.2, 0) is 9.53 Å². The Morgan fingerprint density at radius 2 is 1.96 bits per heavy atom. The molecule has 0 bridgehead atoms. The Labute approximate surface area is 141 Å². The molecule has 3 N–H and O–H groups in total. The van der Waals surface area contributed by atoms with Crippen LogP contribution in [0.4, 0.5) is 11.4 Å². The number of para-hydroxylation sites is 1. The Morgan fingerprint density at radius 3 is 2.60 bits per heavy atom. The molecular formula is C16H14N2O7.